The number of nitrogens with one attached hydrogen (secondary N) is 1. The van der Waals surface area contributed by atoms with Crippen LogP contribution < -0.4 is 9.80 Å². The zero-order valence-corrected chi connectivity index (χ0v) is 17.3. The SMILES string of the molecule is [O-][NH+]1CC[C@]23C[C@@H](O)CC[C@H]2[C@H]1Cc1ccc(O)c(OCCCc2ccccc2)c13. The van der Waals surface area contributed by atoms with E-state index in [-0.39, 0.29) is 29.2 Å². The molecule has 5 atom stereocenters. The Kier molecular flexibility index (Phi) is 5.21. The number of fused-ring (bicyclic) bond motifs is 1. The average Bonchev–Trinajstić information content (AvgIpc) is 2.75. The molecule has 2 bridgehead atoms. The van der Waals surface area contributed by atoms with Gasteiger partial charge in [0.15, 0.2) is 11.5 Å². The van der Waals surface area contributed by atoms with E-state index in [0.717, 1.165) is 49.7 Å². The summed E-state index contributed by atoms with van der Waals surface area (Å²) in [5, 5.41) is 34.4. The van der Waals surface area contributed by atoms with E-state index in [1.807, 2.05) is 24.3 Å². The number of phenolic OH excluding ortho intramolecular Hbond substituents is 1. The molecule has 1 saturated heterocycles. The maximum absolute atomic E-state index is 12.7. The molecule has 0 amide bonds. The number of aromatic hydroxyl groups is 1. The third kappa shape index (κ3) is 3.29. The van der Waals surface area contributed by atoms with Crippen LogP contribution in [0.1, 0.15) is 48.8 Å². The fourth-order valence-electron chi connectivity index (χ4n) is 6.43. The molecular weight excluding hydrogens is 378 g/mol. The molecule has 160 valence electrons. The summed E-state index contributed by atoms with van der Waals surface area (Å²) in [6, 6.07) is 14.1. The van der Waals surface area contributed by atoms with Crippen molar-refractivity contribution >= 4 is 0 Å². The molecule has 2 aliphatic carbocycles. The van der Waals surface area contributed by atoms with Gasteiger partial charge in [0.25, 0.3) is 0 Å². The summed E-state index contributed by atoms with van der Waals surface area (Å²) >= 11 is 0. The van der Waals surface area contributed by atoms with Crippen LogP contribution in [-0.4, -0.2) is 35.5 Å². The van der Waals surface area contributed by atoms with Gasteiger partial charge in [-0.1, -0.05) is 36.4 Å². The smallest absolute Gasteiger partial charge is 0.164 e. The zero-order chi connectivity index (χ0) is 20.7. The quantitative estimate of drug-likeness (QED) is 0.524. The standard InChI is InChI=1S/C25H31NO4/c27-19-9-10-20-21-15-18-8-11-22(28)24(23(18)25(20,16-19)12-13-26(21)29)30-14-4-7-17-5-2-1-3-6-17/h1-3,5-6,8,11,19-21,26-28H,4,7,9-10,12-16H2/t19-,20-,21+,25-/m0/s1. The molecule has 5 rings (SSSR count). The largest absolute Gasteiger partial charge is 0.634 e. The lowest BCUT2D eigenvalue weighted by Gasteiger charge is -2.58. The number of benzene rings is 2. The number of hydrogen-bond donors (Lipinski definition) is 3. The third-order valence-corrected chi connectivity index (χ3v) is 7.70. The predicted molar refractivity (Wildman–Crippen MR) is 115 cm³/mol. The van der Waals surface area contributed by atoms with E-state index in [9.17, 15) is 15.4 Å². The van der Waals surface area contributed by atoms with Crippen molar-refractivity contribution < 1.29 is 20.0 Å². The van der Waals surface area contributed by atoms with Crippen LogP contribution in [0.2, 0.25) is 0 Å². The Labute approximate surface area is 177 Å². The van der Waals surface area contributed by atoms with Gasteiger partial charge in [-0.25, -0.2) is 0 Å². The summed E-state index contributed by atoms with van der Waals surface area (Å²) in [6.45, 7) is 1.10. The van der Waals surface area contributed by atoms with Gasteiger partial charge in [0, 0.05) is 29.7 Å². The minimum atomic E-state index is -0.352. The van der Waals surface area contributed by atoms with Crippen LogP contribution in [0.25, 0.3) is 0 Å². The molecular formula is C25H31NO4. The van der Waals surface area contributed by atoms with Gasteiger partial charge in [0.2, 0.25) is 0 Å². The zero-order valence-electron chi connectivity index (χ0n) is 17.3. The summed E-state index contributed by atoms with van der Waals surface area (Å²) in [7, 11) is 0. The lowest BCUT2D eigenvalue weighted by molar-refractivity contribution is -0.889. The number of aliphatic hydroxyl groups is 1. The van der Waals surface area contributed by atoms with Gasteiger partial charge in [-0.3, -0.25) is 0 Å². The van der Waals surface area contributed by atoms with Gasteiger partial charge < -0.3 is 25.2 Å². The van der Waals surface area contributed by atoms with E-state index in [1.165, 1.54) is 5.56 Å². The van der Waals surface area contributed by atoms with Crippen LogP contribution in [-0.2, 0) is 18.3 Å². The molecule has 5 nitrogen and oxygen atoms in total. The van der Waals surface area contributed by atoms with Crippen LogP contribution in [0.3, 0.4) is 0 Å². The fourth-order valence-corrected chi connectivity index (χ4v) is 6.43. The summed E-state index contributed by atoms with van der Waals surface area (Å²) in [5.74, 6) is 1.02. The minimum absolute atomic E-state index is 0.0502. The monoisotopic (exact) mass is 409 g/mol. The molecule has 2 aromatic rings. The molecule has 30 heavy (non-hydrogen) atoms. The summed E-state index contributed by atoms with van der Waals surface area (Å²) < 4.78 is 6.24. The second kappa shape index (κ2) is 7.88. The molecule has 3 aliphatic rings. The number of aryl methyl sites for hydroxylation is 1. The number of hydrogen-bond acceptors (Lipinski definition) is 4. The number of aliphatic hydroxyl groups excluding tert-OH is 1. The van der Waals surface area contributed by atoms with E-state index in [0.29, 0.717) is 30.4 Å². The highest BCUT2D eigenvalue weighted by Gasteiger charge is 2.57. The Bertz CT molecular complexity index is 902. The van der Waals surface area contributed by atoms with Crippen LogP contribution in [0, 0.1) is 11.1 Å². The molecule has 0 spiro atoms. The van der Waals surface area contributed by atoms with Crippen LogP contribution in [0.5, 0.6) is 11.5 Å². The van der Waals surface area contributed by atoms with Crippen molar-refractivity contribution in [1.29, 1.82) is 0 Å². The number of quaternary nitrogens is 1. The van der Waals surface area contributed by atoms with E-state index >= 15 is 0 Å². The molecule has 1 saturated carbocycles. The van der Waals surface area contributed by atoms with Gasteiger partial charge >= 0.3 is 0 Å². The van der Waals surface area contributed by atoms with Gasteiger partial charge in [-0.05, 0) is 49.3 Å². The highest BCUT2D eigenvalue weighted by Crippen LogP contribution is 2.57. The van der Waals surface area contributed by atoms with Crippen LogP contribution in [0.4, 0.5) is 0 Å². The van der Waals surface area contributed by atoms with Crippen molar-refractivity contribution in [3.8, 4) is 11.5 Å². The number of phenols is 1. The van der Waals surface area contributed by atoms with E-state index in [1.54, 1.807) is 6.07 Å². The molecule has 2 aromatic carbocycles. The lowest BCUT2D eigenvalue weighted by atomic mass is 9.52. The highest BCUT2D eigenvalue weighted by molar-refractivity contribution is 5.56. The molecule has 3 N–H and O–H groups in total. The number of hydroxylamine groups is 2. The third-order valence-electron chi connectivity index (χ3n) is 7.70. The Morgan fingerprint density at radius 3 is 2.80 bits per heavy atom. The molecule has 0 aromatic heterocycles. The number of ether oxygens (including phenoxy) is 1. The number of piperidine rings is 1. The first-order valence-electron chi connectivity index (χ1n) is 11.3. The Hall–Kier alpha value is -2.08. The Morgan fingerprint density at radius 2 is 1.97 bits per heavy atom. The predicted octanol–water partition coefficient (Wildman–Crippen LogP) is 2.51. The summed E-state index contributed by atoms with van der Waals surface area (Å²) in [6.07, 6.45) is 5.23. The molecule has 1 unspecified atom stereocenters. The van der Waals surface area contributed by atoms with Crippen LogP contribution in [0.15, 0.2) is 42.5 Å². The van der Waals surface area contributed by atoms with Crippen molar-refractivity contribution in [2.45, 2.75) is 62.5 Å². The summed E-state index contributed by atoms with van der Waals surface area (Å²) in [5.41, 5.74) is 3.23. The van der Waals surface area contributed by atoms with Crippen molar-refractivity contribution in [2.75, 3.05) is 13.2 Å². The molecule has 1 aliphatic heterocycles. The highest BCUT2D eigenvalue weighted by atomic mass is 16.5. The topological polar surface area (TPSA) is 77.2 Å². The maximum atomic E-state index is 12.7. The van der Waals surface area contributed by atoms with Gasteiger partial charge in [-0.2, -0.15) is 0 Å². The number of rotatable bonds is 5. The average molecular weight is 410 g/mol. The van der Waals surface area contributed by atoms with Crippen LogP contribution >= 0.6 is 0 Å². The first-order chi connectivity index (χ1) is 14.6. The molecule has 5 heteroatoms. The molecule has 2 fully saturated rings. The fraction of sp³-hybridized carbons (Fsp3) is 0.520. The Balaban J connectivity index is 1.44. The van der Waals surface area contributed by atoms with Crippen molar-refractivity contribution in [3.05, 3.63) is 64.4 Å². The first-order valence-corrected chi connectivity index (χ1v) is 11.3. The second-order valence-corrected chi connectivity index (χ2v) is 9.36. The first kappa shape index (κ1) is 19.9. The van der Waals surface area contributed by atoms with E-state index in [2.05, 4.69) is 12.1 Å². The van der Waals surface area contributed by atoms with E-state index in [4.69, 9.17) is 4.74 Å². The van der Waals surface area contributed by atoms with Crippen molar-refractivity contribution in [3.63, 3.8) is 0 Å². The summed E-state index contributed by atoms with van der Waals surface area (Å²) in [4.78, 5) is 0. The van der Waals surface area contributed by atoms with Gasteiger partial charge in [-0.15, -0.1) is 0 Å². The second-order valence-electron chi connectivity index (χ2n) is 9.36. The lowest BCUT2D eigenvalue weighted by Crippen LogP contribution is -3.15. The molecule has 0 radical (unpaired) electrons. The van der Waals surface area contributed by atoms with Crippen molar-refractivity contribution in [2.24, 2.45) is 5.92 Å². The van der Waals surface area contributed by atoms with Gasteiger partial charge in [0.05, 0.1) is 25.3 Å². The molecule has 1 heterocycles. The van der Waals surface area contributed by atoms with Crippen molar-refractivity contribution in [1.82, 2.24) is 0 Å². The minimum Gasteiger partial charge on any atom is -0.634 e. The van der Waals surface area contributed by atoms with Gasteiger partial charge in [0.1, 0.15) is 0 Å². The Morgan fingerprint density at radius 1 is 1.13 bits per heavy atom. The van der Waals surface area contributed by atoms with E-state index < -0.39 is 0 Å². The normalized spacial score (nSPS) is 32.2. The maximum Gasteiger partial charge on any atom is 0.164 e.